The topological polar surface area (TPSA) is 114 Å². The van der Waals surface area contributed by atoms with Crippen LogP contribution in [0.1, 0.15) is 0 Å². The number of hydrogen-bond donors (Lipinski definition) is 2. The molecule has 0 saturated carbocycles. The van der Waals surface area contributed by atoms with E-state index in [0.717, 1.165) is 33.5 Å². The fourth-order valence-electron chi connectivity index (χ4n) is 3.26. The van der Waals surface area contributed by atoms with Crippen LogP contribution >= 0.6 is 0 Å². The summed E-state index contributed by atoms with van der Waals surface area (Å²) < 4.78 is 1.80. The van der Waals surface area contributed by atoms with E-state index in [-0.39, 0.29) is 12.5 Å². The molecule has 146 valence electrons. The average Bonchev–Trinajstić information content (AvgIpc) is 3.45. The minimum atomic E-state index is -0.194. The molecule has 0 unspecified atom stereocenters. The van der Waals surface area contributed by atoms with Crippen molar-refractivity contribution >= 4 is 22.8 Å². The Hall–Kier alpha value is -4.40. The van der Waals surface area contributed by atoms with Crippen LogP contribution in [0.25, 0.3) is 33.5 Å². The number of aromatic amines is 1. The highest BCUT2D eigenvalue weighted by Crippen LogP contribution is 2.26. The van der Waals surface area contributed by atoms with Crippen molar-refractivity contribution < 1.29 is 4.79 Å². The van der Waals surface area contributed by atoms with Crippen LogP contribution in [0, 0.1) is 0 Å². The highest BCUT2D eigenvalue weighted by Gasteiger charge is 2.12. The van der Waals surface area contributed by atoms with E-state index in [1.165, 1.54) is 0 Å². The zero-order chi connectivity index (χ0) is 20.3. The number of anilines is 1. The molecule has 0 spiro atoms. The molecule has 1 amide bonds. The maximum Gasteiger partial charge on any atom is 0.245 e. The predicted octanol–water partition coefficient (Wildman–Crippen LogP) is 2.92. The monoisotopic (exact) mass is 396 g/mol. The number of carbonyl (C=O) groups excluding carboxylic acids is 1. The predicted molar refractivity (Wildman–Crippen MR) is 111 cm³/mol. The number of H-pyrrole nitrogens is 1. The minimum Gasteiger partial charge on any atom is -0.345 e. The molecule has 9 heteroatoms. The normalized spacial score (nSPS) is 10.9. The second kappa shape index (κ2) is 7.55. The van der Waals surface area contributed by atoms with Gasteiger partial charge in [0, 0.05) is 47.5 Å². The molecule has 0 radical (unpaired) electrons. The summed E-state index contributed by atoms with van der Waals surface area (Å²) in [4.78, 5) is 36.7. The molecule has 5 rings (SSSR count). The zero-order valence-corrected chi connectivity index (χ0v) is 15.7. The first kappa shape index (κ1) is 17.7. The number of nitrogens with one attached hydrogen (secondary N) is 2. The lowest BCUT2D eigenvalue weighted by Crippen LogP contribution is -2.19. The number of carbonyl (C=O) groups is 1. The molecule has 0 fully saturated rings. The third-order valence-electron chi connectivity index (χ3n) is 4.65. The SMILES string of the molecule is O=C(Cn1ccc2c(-c3cnc[nH]3)ccnc21)Nc1ccc(-c2cnccn2)cn1. The molecule has 9 nitrogen and oxygen atoms in total. The van der Waals surface area contributed by atoms with Crippen molar-refractivity contribution in [3.63, 3.8) is 0 Å². The molecular weight excluding hydrogens is 380 g/mol. The van der Waals surface area contributed by atoms with Gasteiger partial charge in [0.2, 0.25) is 5.91 Å². The molecule has 30 heavy (non-hydrogen) atoms. The Morgan fingerprint density at radius 1 is 0.967 bits per heavy atom. The van der Waals surface area contributed by atoms with Crippen molar-refractivity contribution in [3.05, 3.63) is 74.0 Å². The number of amides is 1. The third-order valence-corrected chi connectivity index (χ3v) is 4.65. The van der Waals surface area contributed by atoms with E-state index >= 15 is 0 Å². The smallest absolute Gasteiger partial charge is 0.245 e. The van der Waals surface area contributed by atoms with Crippen molar-refractivity contribution in [1.29, 1.82) is 0 Å². The third kappa shape index (κ3) is 3.39. The summed E-state index contributed by atoms with van der Waals surface area (Å²) in [6, 6.07) is 7.45. The summed E-state index contributed by atoms with van der Waals surface area (Å²) >= 11 is 0. The number of rotatable bonds is 5. The lowest BCUT2D eigenvalue weighted by atomic mass is 10.1. The van der Waals surface area contributed by atoms with Crippen molar-refractivity contribution in [1.82, 2.24) is 34.5 Å². The van der Waals surface area contributed by atoms with E-state index in [2.05, 4.69) is 35.2 Å². The number of nitrogens with zero attached hydrogens (tertiary/aromatic N) is 6. The number of fused-ring (bicyclic) bond motifs is 1. The molecule has 0 aliphatic rings. The molecule has 5 heterocycles. The van der Waals surface area contributed by atoms with Gasteiger partial charge in [-0.3, -0.25) is 14.8 Å². The maximum atomic E-state index is 12.6. The first-order valence-corrected chi connectivity index (χ1v) is 9.23. The van der Waals surface area contributed by atoms with Gasteiger partial charge in [-0.25, -0.2) is 15.0 Å². The van der Waals surface area contributed by atoms with Gasteiger partial charge >= 0.3 is 0 Å². The summed E-state index contributed by atoms with van der Waals surface area (Å²) in [5.74, 6) is 0.274. The Morgan fingerprint density at radius 3 is 2.70 bits per heavy atom. The number of aromatic nitrogens is 7. The molecule has 0 aliphatic carbocycles. The molecule has 5 aromatic heterocycles. The first-order valence-electron chi connectivity index (χ1n) is 9.23. The summed E-state index contributed by atoms with van der Waals surface area (Å²) in [7, 11) is 0. The second-order valence-electron chi connectivity index (χ2n) is 6.58. The van der Waals surface area contributed by atoms with Crippen LogP contribution in [0.3, 0.4) is 0 Å². The average molecular weight is 396 g/mol. The molecule has 0 atom stereocenters. The molecule has 0 saturated heterocycles. The van der Waals surface area contributed by atoms with E-state index in [4.69, 9.17) is 0 Å². The van der Waals surface area contributed by atoms with Crippen LogP contribution in [0.15, 0.2) is 74.0 Å². The van der Waals surface area contributed by atoms with Gasteiger partial charge in [-0.05, 0) is 24.3 Å². The van der Waals surface area contributed by atoms with E-state index < -0.39 is 0 Å². The van der Waals surface area contributed by atoms with Crippen molar-refractivity contribution in [2.24, 2.45) is 0 Å². The number of imidazole rings is 1. The molecule has 0 bridgehead atoms. The van der Waals surface area contributed by atoms with Crippen molar-refractivity contribution in [2.45, 2.75) is 6.54 Å². The lowest BCUT2D eigenvalue weighted by molar-refractivity contribution is -0.116. The Bertz CT molecular complexity index is 1290. The van der Waals surface area contributed by atoms with Crippen LogP contribution in [0.5, 0.6) is 0 Å². The van der Waals surface area contributed by atoms with Crippen LogP contribution in [-0.4, -0.2) is 40.4 Å². The van der Waals surface area contributed by atoms with E-state index in [9.17, 15) is 4.79 Å². The Kier molecular flexibility index (Phi) is 4.45. The standard InChI is InChI=1S/C21H16N8O/c30-20(28-19-2-1-14(9-26-19)17-10-22-6-7-24-17)12-29-8-4-16-15(3-5-25-21(16)29)18-11-23-13-27-18/h1-11,13H,12H2,(H,23,27)(H,26,28,30). The van der Waals surface area contributed by atoms with Crippen LogP contribution in [0.2, 0.25) is 0 Å². The van der Waals surface area contributed by atoms with Crippen molar-refractivity contribution in [3.8, 4) is 22.5 Å². The van der Waals surface area contributed by atoms with Gasteiger partial charge < -0.3 is 14.9 Å². The zero-order valence-electron chi connectivity index (χ0n) is 15.7. The summed E-state index contributed by atoms with van der Waals surface area (Å²) in [6.07, 6.45) is 13.5. The minimum absolute atomic E-state index is 0.122. The second-order valence-corrected chi connectivity index (χ2v) is 6.58. The van der Waals surface area contributed by atoms with E-state index in [1.807, 2.05) is 24.4 Å². The molecule has 0 aromatic carbocycles. The van der Waals surface area contributed by atoms with Gasteiger partial charge in [-0.1, -0.05) is 0 Å². The molecule has 5 aromatic rings. The van der Waals surface area contributed by atoms with Gasteiger partial charge in [0.15, 0.2) is 0 Å². The molecule has 0 aliphatic heterocycles. The van der Waals surface area contributed by atoms with Gasteiger partial charge in [0.05, 0.1) is 30.1 Å². The highest BCUT2D eigenvalue weighted by atomic mass is 16.2. The van der Waals surface area contributed by atoms with Gasteiger partial charge in [0.1, 0.15) is 18.0 Å². The summed E-state index contributed by atoms with van der Waals surface area (Å²) in [5.41, 5.74) is 4.16. The van der Waals surface area contributed by atoms with Gasteiger partial charge in [-0.15, -0.1) is 0 Å². The fraction of sp³-hybridized carbons (Fsp3) is 0.0476. The molecule has 2 N–H and O–H groups in total. The highest BCUT2D eigenvalue weighted by molar-refractivity contribution is 5.94. The van der Waals surface area contributed by atoms with E-state index in [0.29, 0.717) is 5.82 Å². The molecular formula is C21H16N8O. The Labute approximate surface area is 170 Å². The summed E-state index contributed by atoms with van der Waals surface area (Å²) in [6.45, 7) is 0.122. The Morgan fingerprint density at radius 2 is 1.93 bits per heavy atom. The number of pyridine rings is 2. The van der Waals surface area contributed by atoms with Crippen LogP contribution < -0.4 is 5.32 Å². The van der Waals surface area contributed by atoms with Gasteiger partial charge in [0.25, 0.3) is 0 Å². The largest absolute Gasteiger partial charge is 0.345 e. The number of hydrogen-bond acceptors (Lipinski definition) is 6. The quantitative estimate of drug-likeness (QED) is 0.472. The van der Waals surface area contributed by atoms with Gasteiger partial charge in [-0.2, -0.15) is 0 Å². The first-order chi connectivity index (χ1) is 14.8. The summed E-state index contributed by atoms with van der Waals surface area (Å²) in [5, 5.41) is 3.76. The van der Waals surface area contributed by atoms with Crippen LogP contribution in [0.4, 0.5) is 5.82 Å². The maximum absolute atomic E-state index is 12.6. The lowest BCUT2D eigenvalue weighted by Gasteiger charge is -2.08. The van der Waals surface area contributed by atoms with E-state index in [1.54, 1.807) is 54.1 Å². The Balaban J connectivity index is 1.32. The fourth-order valence-corrected chi connectivity index (χ4v) is 3.26. The van der Waals surface area contributed by atoms with Crippen LogP contribution in [-0.2, 0) is 11.3 Å². The van der Waals surface area contributed by atoms with Crippen molar-refractivity contribution in [2.75, 3.05) is 5.32 Å².